The number of ether oxygens (including phenoxy) is 4. The molecule has 26 heavy (non-hydrogen) atoms. The first-order valence-electron chi connectivity index (χ1n) is 7.89. The molecule has 2 rings (SSSR count). The molecule has 152 valence electrons. The van der Waals surface area contributed by atoms with Crippen LogP contribution in [0.4, 0.5) is 0 Å². The second-order valence-corrected chi connectivity index (χ2v) is 6.00. The minimum absolute atomic E-state index is 0.239. The minimum atomic E-state index is -1.63. The number of nitrogens with zero attached hydrogens (tertiary/aromatic N) is 2. The van der Waals surface area contributed by atoms with Crippen LogP contribution in [0.2, 0.25) is 0 Å². The van der Waals surface area contributed by atoms with E-state index < -0.39 is 68.6 Å². The quantitative estimate of drug-likeness (QED) is 0.148. The molecule has 0 aliphatic carbocycles. The smallest absolute Gasteiger partial charge is 0.203 e. The zero-order chi connectivity index (χ0) is 19.4. The Kier molecular flexibility index (Phi) is 7.60. The molecule has 0 amide bonds. The Balaban J connectivity index is 1.91. The summed E-state index contributed by atoms with van der Waals surface area (Å²) in [6.45, 7) is -1.12. The standard InChI is InChI=1S/C13H24N2O11/c1-15(22)14-4-25-13-11(21)9(19)8(18)6(26-13)3-24-12-10(20)7(17)5(16)2-23-12/h5-13,16-21H,2-4H2,1H3/b15-14-/t5-,6-,7+,8-,9+,10-,11-,12+,13-/m1/s1. The van der Waals surface area contributed by atoms with Gasteiger partial charge in [0.05, 0.1) is 13.2 Å². The highest BCUT2D eigenvalue weighted by molar-refractivity contribution is 4.90. The Morgan fingerprint density at radius 1 is 0.962 bits per heavy atom. The fraction of sp³-hybridized carbons (Fsp3) is 1.00. The summed E-state index contributed by atoms with van der Waals surface area (Å²) in [4.78, 5) is 0.239. The number of aliphatic hydroxyl groups excluding tert-OH is 6. The lowest BCUT2D eigenvalue weighted by Crippen LogP contribution is -2.60. The molecule has 0 aromatic carbocycles. The number of rotatable bonds is 6. The first-order valence-corrected chi connectivity index (χ1v) is 7.89. The second-order valence-electron chi connectivity index (χ2n) is 6.00. The predicted octanol–water partition coefficient (Wildman–Crippen LogP) is -4.18. The number of hydrogen-bond acceptors (Lipinski definition) is 12. The SMILES string of the molecule is C/[N+]([O-])=N/CO[C@@H]1O[C@H](CO[C@@H]2OC[C@@H](O)[C@H](O)[C@H]2O)[C@@H](O)[C@H](O)[C@H]1O. The van der Waals surface area contributed by atoms with Gasteiger partial charge in [-0.15, -0.1) is 0 Å². The van der Waals surface area contributed by atoms with Crippen molar-refractivity contribution in [3.63, 3.8) is 0 Å². The highest BCUT2D eigenvalue weighted by Gasteiger charge is 2.45. The third-order valence-electron chi connectivity index (χ3n) is 4.04. The van der Waals surface area contributed by atoms with Gasteiger partial charge in [0, 0.05) is 0 Å². The van der Waals surface area contributed by atoms with Crippen LogP contribution in [0.5, 0.6) is 0 Å². The predicted molar refractivity (Wildman–Crippen MR) is 78.3 cm³/mol. The second kappa shape index (κ2) is 9.27. The zero-order valence-electron chi connectivity index (χ0n) is 13.9. The minimum Gasteiger partial charge on any atom is -0.600 e. The number of hydrogen-bond donors (Lipinski definition) is 6. The molecule has 6 N–H and O–H groups in total. The fourth-order valence-corrected chi connectivity index (χ4v) is 2.50. The third-order valence-corrected chi connectivity index (χ3v) is 4.04. The summed E-state index contributed by atoms with van der Waals surface area (Å²) >= 11 is 0. The van der Waals surface area contributed by atoms with E-state index in [1.165, 1.54) is 0 Å². The van der Waals surface area contributed by atoms with Gasteiger partial charge in [0.1, 0.15) is 42.7 Å². The van der Waals surface area contributed by atoms with Gasteiger partial charge < -0.3 is 54.8 Å². The fourth-order valence-electron chi connectivity index (χ4n) is 2.50. The summed E-state index contributed by atoms with van der Waals surface area (Å²) in [5, 5.41) is 72.5. The van der Waals surface area contributed by atoms with Crippen molar-refractivity contribution in [3.05, 3.63) is 5.21 Å². The van der Waals surface area contributed by atoms with Crippen molar-refractivity contribution in [1.29, 1.82) is 0 Å². The van der Waals surface area contributed by atoms with Crippen LogP contribution in [-0.2, 0) is 18.9 Å². The monoisotopic (exact) mass is 384 g/mol. The molecular formula is C13H24N2O11. The maximum Gasteiger partial charge on any atom is 0.203 e. The van der Waals surface area contributed by atoms with Crippen LogP contribution >= 0.6 is 0 Å². The van der Waals surface area contributed by atoms with Gasteiger partial charge in [-0.2, -0.15) is 0 Å². The van der Waals surface area contributed by atoms with Crippen LogP contribution in [0.15, 0.2) is 5.11 Å². The van der Waals surface area contributed by atoms with E-state index in [0.717, 1.165) is 7.05 Å². The average molecular weight is 384 g/mol. The Hall–Kier alpha value is -1.00. The molecule has 2 fully saturated rings. The van der Waals surface area contributed by atoms with Crippen LogP contribution in [0.3, 0.4) is 0 Å². The maximum absolute atomic E-state index is 10.7. The molecule has 9 atom stereocenters. The van der Waals surface area contributed by atoms with E-state index in [1.54, 1.807) is 0 Å². The first-order chi connectivity index (χ1) is 12.2. The molecule has 0 saturated carbocycles. The Bertz CT molecular complexity index is 477. The molecule has 2 aliphatic heterocycles. The largest absolute Gasteiger partial charge is 0.600 e. The summed E-state index contributed by atoms with van der Waals surface area (Å²) in [6, 6.07) is 0. The van der Waals surface area contributed by atoms with E-state index in [2.05, 4.69) is 5.11 Å². The van der Waals surface area contributed by atoms with E-state index in [4.69, 9.17) is 18.9 Å². The molecule has 2 saturated heterocycles. The molecule has 2 aliphatic rings. The van der Waals surface area contributed by atoms with E-state index in [9.17, 15) is 35.8 Å². The number of azo groups is 1. The first kappa shape index (κ1) is 21.3. The van der Waals surface area contributed by atoms with Crippen molar-refractivity contribution in [2.75, 3.05) is 27.0 Å². The van der Waals surface area contributed by atoms with Crippen molar-refractivity contribution in [2.24, 2.45) is 5.11 Å². The van der Waals surface area contributed by atoms with Crippen molar-refractivity contribution in [3.8, 4) is 0 Å². The Morgan fingerprint density at radius 2 is 1.62 bits per heavy atom. The van der Waals surface area contributed by atoms with Gasteiger partial charge in [0.15, 0.2) is 19.6 Å². The normalized spacial score (nSPS) is 44.9. The van der Waals surface area contributed by atoms with Crippen molar-refractivity contribution >= 4 is 0 Å². The lowest BCUT2D eigenvalue weighted by Gasteiger charge is -2.41. The van der Waals surface area contributed by atoms with Crippen molar-refractivity contribution in [1.82, 2.24) is 0 Å². The molecule has 0 aromatic heterocycles. The lowest BCUT2D eigenvalue weighted by molar-refractivity contribution is -0.505. The van der Waals surface area contributed by atoms with Crippen molar-refractivity contribution < 1.29 is 54.4 Å². The highest BCUT2D eigenvalue weighted by Crippen LogP contribution is 2.24. The molecule has 0 unspecified atom stereocenters. The molecule has 0 spiro atoms. The van der Waals surface area contributed by atoms with Gasteiger partial charge in [-0.3, -0.25) is 0 Å². The molecule has 13 nitrogen and oxygen atoms in total. The molecule has 2 heterocycles. The Labute approximate surface area is 148 Å². The molecule has 0 bridgehead atoms. The highest BCUT2D eigenvalue weighted by atomic mass is 16.7. The van der Waals surface area contributed by atoms with E-state index in [1.807, 2.05) is 0 Å². The summed E-state index contributed by atoms with van der Waals surface area (Å²) in [5.74, 6) is 0. The van der Waals surface area contributed by atoms with Crippen LogP contribution in [0.25, 0.3) is 0 Å². The molecule has 13 heteroatoms. The van der Waals surface area contributed by atoms with Gasteiger partial charge in [-0.25, -0.2) is 0 Å². The topological polar surface area (TPSA) is 197 Å². The van der Waals surface area contributed by atoms with E-state index in [0.29, 0.717) is 0 Å². The van der Waals surface area contributed by atoms with E-state index >= 15 is 0 Å². The van der Waals surface area contributed by atoms with Crippen LogP contribution < -0.4 is 0 Å². The van der Waals surface area contributed by atoms with Gasteiger partial charge in [-0.05, 0) is 5.11 Å². The summed E-state index contributed by atoms with van der Waals surface area (Å²) in [6.07, 6.45) is -12.9. The lowest BCUT2D eigenvalue weighted by atomic mass is 9.99. The average Bonchev–Trinajstić information content (AvgIpc) is 2.60. The summed E-state index contributed by atoms with van der Waals surface area (Å²) < 4.78 is 20.6. The van der Waals surface area contributed by atoms with Gasteiger partial charge >= 0.3 is 0 Å². The number of aliphatic hydroxyl groups is 6. The van der Waals surface area contributed by atoms with E-state index in [-0.39, 0.29) is 11.5 Å². The van der Waals surface area contributed by atoms with Crippen LogP contribution in [-0.4, -0.2) is 118 Å². The summed E-state index contributed by atoms with van der Waals surface area (Å²) in [5.41, 5.74) is 0. The van der Waals surface area contributed by atoms with Gasteiger partial charge in [0.2, 0.25) is 6.73 Å². The maximum atomic E-state index is 10.7. The third kappa shape index (κ3) is 5.04. The summed E-state index contributed by atoms with van der Waals surface area (Å²) in [7, 11) is 1.12. The van der Waals surface area contributed by atoms with Gasteiger partial charge in [-0.1, -0.05) is 4.86 Å². The van der Waals surface area contributed by atoms with Gasteiger partial charge in [0.25, 0.3) is 0 Å². The Morgan fingerprint density at radius 3 is 2.27 bits per heavy atom. The zero-order valence-corrected chi connectivity index (χ0v) is 13.9. The van der Waals surface area contributed by atoms with Crippen LogP contribution in [0.1, 0.15) is 0 Å². The number of hydroxylamine groups is 1. The molecule has 0 aromatic rings. The van der Waals surface area contributed by atoms with Crippen LogP contribution in [0, 0.1) is 5.21 Å². The van der Waals surface area contributed by atoms with Crippen molar-refractivity contribution in [2.45, 2.75) is 55.3 Å². The molecular weight excluding hydrogens is 360 g/mol. The molecule has 0 radical (unpaired) electrons.